The van der Waals surface area contributed by atoms with E-state index in [1.807, 2.05) is 11.3 Å². The molecule has 1 aliphatic heterocycles. The van der Waals surface area contributed by atoms with Crippen LogP contribution >= 0.6 is 11.3 Å². The quantitative estimate of drug-likeness (QED) is 0.889. The first-order valence-corrected chi connectivity index (χ1v) is 8.96. The van der Waals surface area contributed by atoms with Crippen molar-refractivity contribution in [1.82, 2.24) is 10.2 Å². The van der Waals surface area contributed by atoms with Gasteiger partial charge in [0.15, 0.2) is 0 Å². The van der Waals surface area contributed by atoms with Gasteiger partial charge in [-0.25, -0.2) is 0 Å². The minimum atomic E-state index is 0.352. The molecule has 2 nitrogen and oxygen atoms in total. The summed E-state index contributed by atoms with van der Waals surface area (Å²) in [5.41, 5.74) is 0.352. The highest BCUT2D eigenvalue weighted by atomic mass is 32.1. The molecule has 112 valence electrons. The third kappa shape index (κ3) is 3.26. The number of rotatable bonds is 5. The molecule has 2 atom stereocenters. The minimum absolute atomic E-state index is 0.352. The fraction of sp³-hybridized carbons (Fsp3) is 0.765. The van der Waals surface area contributed by atoms with Crippen LogP contribution in [0.4, 0.5) is 0 Å². The molecule has 1 aliphatic carbocycles. The van der Waals surface area contributed by atoms with Gasteiger partial charge in [-0.3, -0.25) is 4.90 Å². The lowest BCUT2D eigenvalue weighted by atomic mass is 9.89. The Kier molecular flexibility index (Phi) is 4.21. The minimum Gasteiger partial charge on any atom is -0.308 e. The van der Waals surface area contributed by atoms with Gasteiger partial charge in [-0.05, 0) is 49.5 Å². The van der Waals surface area contributed by atoms with Crippen molar-refractivity contribution < 1.29 is 0 Å². The number of nitrogens with zero attached hydrogens (tertiary/aromatic N) is 1. The molecule has 3 heteroatoms. The van der Waals surface area contributed by atoms with Crippen LogP contribution in [0.15, 0.2) is 17.5 Å². The van der Waals surface area contributed by atoms with E-state index in [9.17, 15) is 0 Å². The Morgan fingerprint density at radius 3 is 2.85 bits per heavy atom. The lowest BCUT2D eigenvalue weighted by molar-refractivity contribution is 0.0590. The van der Waals surface area contributed by atoms with Crippen molar-refractivity contribution in [2.75, 3.05) is 13.1 Å². The number of thiophene rings is 1. The van der Waals surface area contributed by atoms with E-state index in [4.69, 9.17) is 0 Å². The molecule has 2 fully saturated rings. The summed E-state index contributed by atoms with van der Waals surface area (Å²) in [6.07, 6.45) is 4.15. The molecule has 0 aromatic carbocycles. The van der Waals surface area contributed by atoms with Crippen molar-refractivity contribution in [1.29, 1.82) is 0 Å². The summed E-state index contributed by atoms with van der Waals surface area (Å²) >= 11 is 1.90. The van der Waals surface area contributed by atoms with Crippen LogP contribution < -0.4 is 5.32 Å². The second kappa shape index (κ2) is 5.78. The molecule has 0 amide bonds. The number of hydrogen-bond donors (Lipinski definition) is 1. The van der Waals surface area contributed by atoms with Crippen molar-refractivity contribution in [2.24, 2.45) is 11.8 Å². The second-order valence-electron chi connectivity index (χ2n) is 7.34. The van der Waals surface area contributed by atoms with Crippen molar-refractivity contribution in [3.63, 3.8) is 0 Å². The highest BCUT2D eigenvalue weighted by molar-refractivity contribution is 7.09. The van der Waals surface area contributed by atoms with Gasteiger partial charge in [0.2, 0.25) is 0 Å². The average molecular weight is 292 g/mol. The zero-order valence-corrected chi connectivity index (χ0v) is 13.9. The molecule has 2 unspecified atom stereocenters. The molecule has 3 rings (SSSR count). The van der Waals surface area contributed by atoms with Crippen molar-refractivity contribution >= 4 is 11.3 Å². The zero-order chi connectivity index (χ0) is 14.2. The SMILES string of the molecule is CC(C)CC1CNC(C)(C2CC2)CN1Cc1cccs1. The standard InChI is InChI=1S/C17H28N2S/c1-13(2)9-15-10-18-17(3,14-6-7-14)12-19(15)11-16-5-4-8-20-16/h4-5,8,13-15,18H,6-7,9-12H2,1-3H3. The van der Waals surface area contributed by atoms with Crippen LogP contribution in [-0.4, -0.2) is 29.6 Å². The summed E-state index contributed by atoms with van der Waals surface area (Å²) in [5.74, 6) is 1.69. The Morgan fingerprint density at radius 1 is 1.45 bits per heavy atom. The first-order chi connectivity index (χ1) is 9.57. The van der Waals surface area contributed by atoms with Crippen LogP contribution in [0.25, 0.3) is 0 Å². The number of piperazine rings is 1. The van der Waals surface area contributed by atoms with Gasteiger partial charge < -0.3 is 5.32 Å². The molecule has 0 spiro atoms. The van der Waals surface area contributed by atoms with E-state index < -0.39 is 0 Å². The van der Waals surface area contributed by atoms with Crippen LogP contribution in [0.1, 0.15) is 44.9 Å². The highest BCUT2D eigenvalue weighted by Gasteiger charge is 2.45. The Labute approximate surface area is 127 Å². The fourth-order valence-electron chi connectivity index (χ4n) is 3.65. The van der Waals surface area contributed by atoms with Crippen LogP contribution in [0.3, 0.4) is 0 Å². The summed E-state index contributed by atoms with van der Waals surface area (Å²) in [6, 6.07) is 5.16. The van der Waals surface area contributed by atoms with Gasteiger partial charge in [-0.2, -0.15) is 0 Å². The molecule has 0 radical (unpaired) electrons. The molecule has 1 saturated heterocycles. The molecule has 1 saturated carbocycles. The molecular formula is C17H28N2S. The molecule has 20 heavy (non-hydrogen) atoms. The van der Waals surface area contributed by atoms with E-state index >= 15 is 0 Å². The van der Waals surface area contributed by atoms with Crippen molar-refractivity contribution in [3.8, 4) is 0 Å². The lowest BCUT2D eigenvalue weighted by Gasteiger charge is -2.47. The van der Waals surface area contributed by atoms with Gasteiger partial charge >= 0.3 is 0 Å². The predicted molar refractivity (Wildman–Crippen MR) is 87.1 cm³/mol. The van der Waals surface area contributed by atoms with Gasteiger partial charge in [-0.15, -0.1) is 11.3 Å². The molecule has 2 aliphatic rings. The van der Waals surface area contributed by atoms with Crippen LogP contribution in [0.2, 0.25) is 0 Å². The fourth-order valence-corrected chi connectivity index (χ4v) is 4.37. The van der Waals surface area contributed by atoms with Crippen molar-refractivity contribution in [2.45, 2.75) is 58.2 Å². The van der Waals surface area contributed by atoms with Gasteiger partial charge in [0.25, 0.3) is 0 Å². The molecule has 1 N–H and O–H groups in total. The van der Waals surface area contributed by atoms with E-state index in [-0.39, 0.29) is 0 Å². The normalized spacial score (nSPS) is 31.9. The van der Waals surface area contributed by atoms with Gasteiger partial charge in [0, 0.05) is 36.1 Å². The van der Waals surface area contributed by atoms with Gasteiger partial charge in [0.1, 0.15) is 0 Å². The second-order valence-corrected chi connectivity index (χ2v) is 8.37. The van der Waals surface area contributed by atoms with Crippen LogP contribution in [0, 0.1) is 11.8 Å². The largest absolute Gasteiger partial charge is 0.308 e. The van der Waals surface area contributed by atoms with E-state index in [0.717, 1.165) is 24.9 Å². The summed E-state index contributed by atoms with van der Waals surface area (Å²) < 4.78 is 0. The number of nitrogens with one attached hydrogen (secondary N) is 1. The maximum atomic E-state index is 3.88. The Morgan fingerprint density at radius 2 is 2.25 bits per heavy atom. The number of hydrogen-bond acceptors (Lipinski definition) is 3. The molecular weight excluding hydrogens is 264 g/mol. The molecule has 0 bridgehead atoms. The third-order valence-electron chi connectivity index (χ3n) is 4.95. The topological polar surface area (TPSA) is 15.3 Å². The molecule has 2 heterocycles. The van der Waals surface area contributed by atoms with Crippen LogP contribution in [0.5, 0.6) is 0 Å². The lowest BCUT2D eigenvalue weighted by Crippen LogP contribution is -2.63. The van der Waals surface area contributed by atoms with Crippen molar-refractivity contribution in [3.05, 3.63) is 22.4 Å². The first-order valence-electron chi connectivity index (χ1n) is 8.08. The Hall–Kier alpha value is -0.380. The van der Waals surface area contributed by atoms with Crippen LogP contribution in [-0.2, 0) is 6.54 Å². The summed E-state index contributed by atoms with van der Waals surface area (Å²) in [6.45, 7) is 10.6. The maximum absolute atomic E-state index is 3.88. The smallest absolute Gasteiger partial charge is 0.0332 e. The van der Waals surface area contributed by atoms with Gasteiger partial charge in [-0.1, -0.05) is 19.9 Å². The summed E-state index contributed by atoms with van der Waals surface area (Å²) in [7, 11) is 0. The molecule has 1 aromatic heterocycles. The van der Waals surface area contributed by atoms with E-state index in [1.54, 1.807) is 0 Å². The first kappa shape index (κ1) is 14.6. The third-order valence-corrected chi connectivity index (χ3v) is 5.81. The predicted octanol–water partition coefficient (Wildman–Crippen LogP) is 3.74. The molecule has 1 aromatic rings. The zero-order valence-electron chi connectivity index (χ0n) is 13.1. The average Bonchev–Trinajstić information content (AvgIpc) is 3.13. The Balaban J connectivity index is 1.71. The highest BCUT2D eigenvalue weighted by Crippen LogP contribution is 2.42. The van der Waals surface area contributed by atoms with Gasteiger partial charge in [0.05, 0.1) is 0 Å². The van der Waals surface area contributed by atoms with E-state index in [0.29, 0.717) is 11.6 Å². The Bertz CT molecular complexity index is 424. The van der Waals surface area contributed by atoms with E-state index in [2.05, 4.69) is 48.5 Å². The monoisotopic (exact) mass is 292 g/mol. The van der Waals surface area contributed by atoms with E-state index in [1.165, 1.54) is 30.7 Å². The summed E-state index contributed by atoms with van der Waals surface area (Å²) in [5, 5.41) is 6.09. The summed E-state index contributed by atoms with van der Waals surface area (Å²) in [4.78, 5) is 4.26. The maximum Gasteiger partial charge on any atom is 0.0332 e.